The number of nitrogens with one attached hydrogen (secondary N) is 1. The first kappa shape index (κ1) is 17.4. The third-order valence-corrected chi connectivity index (χ3v) is 4.69. The van der Waals surface area contributed by atoms with Crippen LogP contribution in [0.4, 0.5) is 11.5 Å². The Morgan fingerprint density at radius 2 is 2.04 bits per heavy atom. The lowest BCUT2D eigenvalue weighted by Crippen LogP contribution is -2.36. The number of aromatic nitrogens is 4. The van der Waals surface area contributed by atoms with Crippen LogP contribution in [0.25, 0.3) is 11.0 Å². The van der Waals surface area contributed by atoms with Crippen LogP contribution < -0.4 is 10.2 Å². The van der Waals surface area contributed by atoms with Gasteiger partial charge in [0.15, 0.2) is 5.65 Å². The minimum Gasteiger partial charge on any atom is -0.378 e. The van der Waals surface area contributed by atoms with Crippen molar-refractivity contribution in [3.8, 4) is 0 Å². The molecular weight excluding hydrogens is 344 g/mol. The second-order valence-corrected chi connectivity index (χ2v) is 6.40. The average molecular weight is 366 g/mol. The number of rotatable bonds is 5. The fourth-order valence-electron chi connectivity index (χ4n) is 3.30. The van der Waals surface area contributed by atoms with Crippen LogP contribution in [0.5, 0.6) is 0 Å². The average Bonchev–Trinajstić information content (AvgIpc) is 3.12. The number of aryl methyl sites for hydroxylation is 1. The molecule has 8 nitrogen and oxygen atoms in total. The highest BCUT2D eigenvalue weighted by Gasteiger charge is 2.19. The summed E-state index contributed by atoms with van der Waals surface area (Å²) >= 11 is 0. The summed E-state index contributed by atoms with van der Waals surface area (Å²) in [5.41, 5.74) is 2.60. The van der Waals surface area contributed by atoms with E-state index in [-0.39, 0.29) is 12.5 Å². The van der Waals surface area contributed by atoms with Crippen LogP contribution in [0.15, 0.2) is 36.8 Å². The fraction of sp³-hybridized carbons (Fsp3) is 0.368. The van der Waals surface area contributed by atoms with Crippen molar-refractivity contribution in [3.05, 3.63) is 42.4 Å². The van der Waals surface area contributed by atoms with Gasteiger partial charge in [-0.2, -0.15) is 5.10 Å². The summed E-state index contributed by atoms with van der Waals surface area (Å²) < 4.78 is 7.02. The molecular formula is C19H22N6O2. The molecule has 1 aliphatic heterocycles. The van der Waals surface area contributed by atoms with Crippen LogP contribution in [0, 0.1) is 0 Å². The van der Waals surface area contributed by atoms with Crippen molar-refractivity contribution in [2.75, 3.05) is 36.5 Å². The maximum atomic E-state index is 12.5. The number of morpholine rings is 1. The summed E-state index contributed by atoms with van der Waals surface area (Å²) in [7, 11) is 0. The first-order valence-electron chi connectivity index (χ1n) is 9.13. The molecule has 0 spiro atoms. The molecule has 1 aliphatic rings. The van der Waals surface area contributed by atoms with Crippen molar-refractivity contribution in [1.82, 2.24) is 19.7 Å². The molecule has 0 atom stereocenters. The Hall–Kier alpha value is -3.00. The zero-order valence-corrected chi connectivity index (χ0v) is 15.3. The summed E-state index contributed by atoms with van der Waals surface area (Å²) in [5, 5.41) is 8.19. The van der Waals surface area contributed by atoms with Crippen molar-refractivity contribution >= 4 is 28.4 Å². The van der Waals surface area contributed by atoms with E-state index in [4.69, 9.17) is 4.74 Å². The van der Waals surface area contributed by atoms with E-state index in [1.54, 1.807) is 10.9 Å². The van der Waals surface area contributed by atoms with Gasteiger partial charge in [-0.1, -0.05) is 25.1 Å². The zero-order valence-electron chi connectivity index (χ0n) is 15.3. The lowest BCUT2D eigenvalue weighted by atomic mass is 10.1. The Morgan fingerprint density at radius 3 is 2.85 bits per heavy atom. The standard InChI is InChI=1S/C19H22N6O2/c1-2-14-5-3-4-6-16(14)23-17(26)12-25-19-15(11-22-25)18(20-13-21-19)24-7-9-27-10-8-24/h3-6,11,13H,2,7-10,12H2,1H3,(H,23,26). The highest BCUT2D eigenvalue weighted by molar-refractivity contribution is 5.93. The minimum absolute atomic E-state index is 0.0983. The Morgan fingerprint density at radius 1 is 1.22 bits per heavy atom. The Bertz CT molecular complexity index is 948. The van der Waals surface area contributed by atoms with Crippen LogP contribution in [0.3, 0.4) is 0 Å². The lowest BCUT2D eigenvalue weighted by Gasteiger charge is -2.27. The van der Waals surface area contributed by atoms with E-state index >= 15 is 0 Å². The summed E-state index contributed by atoms with van der Waals surface area (Å²) in [5.74, 6) is 0.707. The number of nitrogens with zero attached hydrogens (tertiary/aromatic N) is 5. The number of amides is 1. The molecule has 8 heteroatoms. The van der Waals surface area contributed by atoms with Gasteiger partial charge in [0.25, 0.3) is 0 Å². The molecule has 0 aliphatic carbocycles. The van der Waals surface area contributed by atoms with Crippen LogP contribution in [-0.4, -0.2) is 52.0 Å². The molecule has 27 heavy (non-hydrogen) atoms. The molecule has 2 aromatic heterocycles. The van der Waals surface area contributed by atoms with Gasteiger partial charge in [0.1, 0.15) is 18.7 Å². The predicted molar refractivity (Wildman–Crippen MR) is 103 cm³/mol. The van der Waals surface area contributed by atoms with Crippen molar-refractivity contribution in [3.63, 3.8) is 0 Å². The maximum absolute atomic E-state index is 12.5. The van der Waals surface area contributed by atoms with Gasteiger partial charge < -0.3 is 15.0 Å². The van der Waals surface area contributed by atoms with Gasteiger partial charge in [-0.15, -0.1) is 0 Å². The van der Waals surface area contributed by atoms with Gasteiger partial charge in [0.2, 0.25) is 5.91 Å². The van der Waals surface area contributed by atoms with Gasteiger partial charge in [-0.25, -0.2) is 14.6 Å². The number of para-hydroxylation sites is 1. The molecule has 1 saturated heterocycles. The number of ether oxygens (including phenoxy) is 1. The number of carbonyl (C=O) groups is 1. The maximum Gasteiger partial charge on any atom is 0.246 e. The number of anilines is 2. The predicted octanol–water partition coefficient (Wildman–Crippen LogP) is 1.86. The molecule has 4 rings (SSSR count). The van der Waals surface area contributed by atoms with Gasteiger partial charge >= 0.3 is 0 Å². The van der Waals surface area contributed by atoms with Crippen molar-refractivity contribution < 1.29 is 9.53 Å². The molecule has 0 bridgehead atoms. The number of fused-ring (bicyclic) bond motifs is 1. The second kappa shape index (κ2) is 7.71. The first-order chi connectivity index (χ1) is 13.3. The monoisotopic (exact) mass is 366 g/mol. The van der Waals surface area contributed by atoms with Gasteiger partial charge in [0, 0.05) is 18.8 Å². The normalized spacial score (nSPS) is 14.5. The molecule has 1 fully saturated rings. The summed E-state index contributed by atoms with van der Waals surface area (Å²) in [6.45, 7) is 5.09. The van der Waals surface area contributed by atoms with Crippen molar-refractivity contribution in [2.45, 2.75) is 19.9 Å². The van der Waals surface area contributed by atoms with E-state index in [0.717, 1.165) is 42.0 Å². The Kier molecular flexibility index (Phi) is 4.97. The van der Waals surface area contributed by atoms with E-state index in [1.807, 2.05) is 24.3 Å². The van der Waals surface area contributed by atoms with Crippen molar-refractivity contribution in [2.24, 2.45) is 0 Å². The quantitative estimate of drug-likeness (QED) is 0.742. The van der Waals surface area contributed by atoms with Crippen molar-refractivity contribution in [1.29, 1.82) is 0 Å². The zero-order chi connectivity index (χ0) is 18.6. The fourth-order valence-corrected chi connectivity index (χ4v) is 3.30. The highest BCUT2D eigenvalue weighted by atomic mass is 16.5. The van der Waals surface area contributed by atoms with E-state index < -0.39 is 0 Å². The molecule has 0 unspecified atom stereocenters. The van der Waals surface area contributed by atoms with Gasteiger partial charge in [0.05, 0.1) is 24.8 Å². The Labute approximate surface area is 157 Å². The van der Waals surface area contributed by atoms with Crippen LogP contribution in [-0.2, 0) is 22.5 Å². The Balaban J connectivity index is 1.55. The topological polar surface area (TPSA) is 85.2 Å². The lowest BCUT2D eigenvalue weighted by molar-refractivity contribution is -0.116. The van der Waals surface area contributed by atoms with Crippen LogP contribution >= 0.6 is 0 Å². The molecule has 140 valence electrons. The summed E-state index contributed by atoms with van der Waals surface area (Å²) in [6, 6.07) is 7.82. The number of hydrogen-bond acceptors (Lipinski definition) is 6. The molecule has 3 aromatic rings. The summed E-state index contributed by atoms with van der Waals surface area (Å²) in [4.78, 5) is 23.5. The second-order valence-electron chi connectivity index (χ2n) is 6.40. The van der Waals surface area contributed by atoms with E-state index in [9.17, 15) is 4.79 Å². The largest absolute Gasteiger partial charge is 0.378 e. The number of benzene rings is 1. The number of carbonyl (C=O) groups excluding carboxylic acids is 1. The SMILES string of the molecule is CCc1ccccc1NC(=O)Cn1ncc2c(N3CCOCC3)ncnc21. The minimum atomic E-state index is -0.132. The first-order valence-corrected chi connectivity index (χ1v) is 9.13. The van der Waals surface area contributed by atoms with E-state index in [1.165, 1.54) is 6.33 Å². The highest BCUT2D eigenvalue weighted by Crippen LogP contribution is 2.23. The molecule has 1 aromatic carbocycles. The molecule has 0 saturated carbocycles. The molecule has 3 heterocycles. The van der Waals surface area contributed by atoms with Gasteiger partial charge in [-0.3, -0.25) is 4.79 Å². The van der Waals surface area contributed by atoms with E-state index in [2.05, 4.69) is 32.2 Å². The molecule has 0 radical (unpaired) electrons. The van der Waals surface area contributed by atoms with Crippen LogP contribution in [0.1, 0.15) is 12.5 Å². The molecule has 1 N–H and O–H groups in total. The third-order valence-electron chi connectivity index (χ3n) is 4.69. The number of hydrogen-bond donors (Lipinski definition) is 1. The van der Waals surface area contributed by atoms with Gasteiger partial charge in [-0.05, 0) is 18.1 Å². The molecule has 1 amide bonds. The van der Waals surface area contributed by atoms with Crippen LogP contribution in [0.2, 0.25) is 0 Å². The van der Waals surface area contributed by atoms with E-state index in [0.29, 0.717) is 18.9 Å². The third kappa shape index (κ3) is 3.61. The summed E-state index contributed by atoms with van der Waals surface area (Å²) in [6.07, 6.45) is 4.11. The smallest absolute Gasteiger partial charge is 0.246 e.